The molecule has 0 aliphatic heterocycles. The van der Waals surface area contributed by atoms with Crippen molar-refractivity contribution in [2.45, 2.75) is 52.1 Å². The number of nitrogens with zero attached hydrogens (tertiary/aromatic N) is 1. The van der Waals surface area contributed by atoms with Gasteiger partial charge in [0.1, 0.15) is 10.7 Å². The maximum absolute atomic E-state index is 12.0. The van der Waals surface area contributed by atoms with Gasteiger partial charge >= 0.3 is 0 Å². The zero-order chi connectivity index (χ0) is 13.2. The van der Waals surface area contributed by atoms with Crippen LogP contribution in [0.1, 0.15) is 55.0 Å². The molecule has 2 rings (SSSR count). The molecule has 0 aromatic carbocycles. The Balaban J connectivity index is 0.00000180. The van der Waals surface area contributed by atoms with Crippen LogP contribution in [0.25, 0.3) is 0 Å². The minimum absolute atomic E-state index is 0. The quantitative estimate of drug-likeness (QED) is 0.902. The van der Waals surface area contributed by atoms with Crippen molar-refractivity contribution in [3.8, 4) is 0 Å². The molecule has 1 aliphatic rings. The minimum atomic E-state index is -0.0596. The molecular weight excluding hydrogens is 282 g/mol. The number of carbonyl (C=O) groups is 1. The van der Waals surface area contributed by atoms with Gasteiger partial charge in [0.25, 0.3) is 5.91 Å². The van der Waals surface area contributed by atoms with E-state index in [4.69, 9.17) is 5.73 Å². The number of nitrogens with two attached hydrogens (primary N) is 1. The molecule has 1 fully saturated rings. The summed E-state index contributed by atoms with van der Waals surface area (Å²) < 4.78 is 0. The fraction of sp³-hybridized carbons (Fsp3) is 0.692. The van der Waals surface area contributed by atoms with Crippen LogP contribution in [0.2, 0.25) is 0 Å². The smallest absolute Gasteiger partial charge is 0.270 e. The molecule has 0 bridgehead atoms. The number of halogens is 1. The number of amides is 1. The number of carbonyl (C=O) groups excluding carboxylic acids is 1. The third kappa shape index (κ3) is 4.44. The van der Waals surface area contributed by atoms with E-state index in [1.165, 1.54) is 24.2 Å². The van der Waals surface area contributed by atoms with E-state index >= 15 is 0 Å². The number of hydrogen-bond acceptors (Lipinski definition) is 4. The number of rotatable bonds is 3. The summed E-state index contributed by atoms with van der Waals surface area (Å²) in [7, 11) is 0. The molecule has 1 amide bonds. The van der Waals surface area contributed by atoms with Crippen LogP contribution in [0.5, 0.6) is 0 Å². The number of thiazole rings is 1. The van der Waals surface area contributed by atoms with Crippen LogP contribution in [0.15, 0.2) is 5.38 Å². The molecule has 1 aromatic rings. The predicted octanol–water partition coefficient (Wildman–Crippen LogP) is 2.72. The van der Waals surface area contributed by atoms with E-state index in [0.717, 1.165) is 17.8 Å². The maximum atomic E-state index is 12.0. The van der Waals surface area contributed by atoms with Gasteiger partial charge in [-0.05, 0) is 31.1 Å². The monoisotopic (exact) mass is 303 g/mol. The Bertz CT molecular complexity index is 423. The molecule has 1 heterocycles. The lowest BCUT2D eigenvalue weighted by Gasteiger charge is -2.34. The van der Waals surface area contributed by atoms with E-state index in [-0.39, 0.29) is 18.3 Å². The molecule has 0 atom stereocenters. The second kappa shape index (κ2) is 6.68. The average Bonchev–Trinajstić information content (AvgIpc) is 2.80. The van der Waals surface area contributed by atoms with Crippen LogP contribution >= 0.6 is 23.7 Å². The zero-order valence-electron chi connectivity index (χ0n) is 11.4. The molecule has 3 N–H and O–H groups in total. The first-order chi connectivity index (χ1) is 8.50. The zero-order valence-corrected chi connectivity index (χ0v) is 13.1. The molecule has 1 aliphatic carbocycles. The van der Waals surface area contributed by atoms with Crippen molar-refractivity contribution in [3.63, 3.8) is 0 Å². The van der Waals surface area contributed by atoms with Crippen LogP contribution in [-0.4, -0.2) is 16.9 Å². The van der Waals surface area contributed by atoms with Gasteiger partial charge in [0.2, 0.25) is 0 Å². The summed E-state index contributed by atoms with van der Waals surface area (Å²) in [5.74, 6) is -0.0596. The Morgan fingerprint density at radius 3 is 2.68 bits per heavy atom. The first-order valence-electron chi connectivity index (χ1n) is 6.45. The molecule has 0 unspecified atom stereocenters. The lowest BCUT2D eigenvalue weighted by atomic mass is 9.75. The fourth-order valence-corrected chi connectivity index (χ4v) is 2.97. The highest BCUT2D eigenvalue weighted by Gasteiger charge is 2.28. The molecule has 108 valence electrons. The van der Waals surface area contributed by atoms with Gasteiger partial charge in [-0.15, -0.1) is 23.7 Å². The second-order valence-corrected chi connectivity index (χ2v) is 6.69. The van der Waals surface area contributed by atoms with Gasteiger partial charge in [-0.25, -0.2) is 4.98 Å². The van der Waals surface area contributed by atoms with Crippen LogP contribution in [0.4, 0.5) is 0 Å². The summed E-state index contributed by atoms with van der Waals surface area (Å²) in [4.78, 5) is 16.2. The van der Waals surface area contributed by atoms with E-state index in [1.54, 1.807) is 5.38 Å². The molecule has 0 spiro atoms. The van der Waals surface area contributed by atoms with Crippen molar-refractivity contribution in [2.24, 2.45) is 11.1 Å². The summed E-state index contributed by atoms with van der Waals surface area (Å²) in [5.41, 5.74) is 6.42. The van der Waals surface area contributed by atoms with E-state index in [0.29, 0.717) is 23.7 Å². The first-order valence-corrected chi connectivity index (χ1v) is 7.33. The highest BCUT2D eigenvalue weighted by molar-refractivity contribution is 7.09. The van der Waals surface area contributed by atoms with E-state index < -0.39 is 0 Å². The molecule has 0 saturated heterocycles. The van der Waals surface area contributed by atoms with Gasteiger partial charge in [-0.1, -0.05) is 13.8 Å². The SMILES string of the molecule is CC1(C)CCC(NC(=O)c2csc(CN)n2)CC1.Cl. The fourth-order valence-electron chi connectivity index (χ4n) is 2.31. The highest BCUT2D eigenvalue weighted by atomic mass is 35.5. The minimum Gasteiger partial charge on any atom is -0.348 e. The number of aromatic nitrogens is 1. The molecule has 0 radical (unpaired) electrons. The normalized spacial score (nSPS) is 18.7. The Labute approximate surface area is 124 Å². The third-order valence-electron chi connectivity index (χ3n) is 3.63. The van der Waals surface area contributed by atoms with E-state index in [1.807, 2.05) is 0 Å². The lowest BCUT2D eigenvalue weighted by Crippen LogP contribution is -2.39. The molecule has 19 heavy (non-hydrogen) atoms. The van der Waals surface area contributed by atoms with Gasteiger partial charge in [0, 0.05) is 18.0 Å². The molecule has 1 saturated carbocycles. The summed E-state index contributed by atoms with van der Waals surface area (Å²) in [5, 5.41) is 5.67. The Morgan fingerprint density at radius 2 is 2.16 bits per heavy atom. The molecule has 4 nitrogen and oxygen atoms in total. The highest BCUT2D eigenvalue weighted by Crippen LogP contribution is 2.35. The Kier molecular flexibility index (Phi) is 5.77. The van der Waals surface area contributed by atoms with Crippen LogP contribution in [-0.2, 0) is 6.54 Å². The summed E-state index contributed by atoms with van der Waals surface area (Å²) >= 11 is 1.44. The van der Waals surface area contributed by atoms with Gasteiger partial charge in [-0.2, -0.15) is 0 Å². The van der Waals surface area contributed by atoms with Crippen molar-refractivity contribution in [1.29, 1.82) is 0 Å². The largest absolute Gasteiger partial charge is 0.348 e. The molecular formula is C13H22ClN3OS. The van der Waals surface area contributed by atoms with E-state index in [9.17, 15) is 4.79 Å². The van der Waals surface area contributed by atoms with Crippen molar-refractivity contribution in [1.82, 2.24) is 10.3 Å². The standard InChI is InChI=1S/C13H21N3OS.ClH/c1-13(2)5-3-9(4-6-13)15-12(17)10-8-18-11(7-14)16-10;/h8-9H,3-7,14H2,1-2H3,(H,15,17);1H. The number of nitrogens with one attached hydrogen (secondary N) is 1. The van der Waals surface area contributed by atoms with Crippen molar-refractivity contribution < 1.29 is 4.79 Å². The van der Waals surface area contributed by atoms with Crippen LogP contribution in [0, 0.1) is 5.41 Å². The number of hydrogen-bond donors (Lipinski definition) is 2. The van der Waals surface area contributed by atoms with Crippen LogP contribution < -0.4 is 11.1 Å². The lowest BCUT2D eigenvalue weighted by molar-refractivity contribution is 0.0904. The van der Waals surface area contributed by atoms with Gasteiger partial charge < -0.3 is 11.1 Å². The third-order valence-corrected chi connectivity index (χ3v) is 4.50. The van der Waals surface area contributed by atoms with Gasteiger partial charge in [0.15, 0.2) is 0 Å². The summed E-state index contributed by atoms with van der Waals surface area (Å²) in [6.45, 7) is 4.98. The Morgan fingerprint density at radius 1 is 1.53 bits per heavy atom. The summed E-state index contributed by atoms with van der Waals surface area (Å²) in [6.07, 6.45) is 4.46. The topological polar surface area (TPSA) is 68.0 Å². The average molecular weight is 304 g/mol. The molecule has 1 aromatic heterocycles. The second-order valence-electron chi connectivity index (χ2n) is 5.74. The van der Waals surface area contributed by atoms with Crippen LogP contribution in [0.3, 0.4) is 0 Å². The van der Waals surface area contributed by atoms with Crippen molar-refractivity contribution in [2.75, 3.05) is 0 Å². The van der Waals surface area contributed by atoms with Gasteiger partial charge in [0.05, 0.1) is 0 Å². The first kappa shape index (κ1) is 16.4. The molecule has 6 heteroatoms. The van der Waals surface area contributed by atoms with Crippen molar-refractivity contribution in [3.05, 3.63) is 16.1 Å². The predicted molar refractivity (Wildman–Crippen MR) is 80.8 cm³/mol. The van der Waals surface area contributed by atoms with Crippen molar-refractivity contribution >= 4 is 29.7 Å². The van der Waals surface area contributed by atoms with Gasteiger partial charge in [-0.3, -0.25) is 4.79 Å². The Hall–Kier alpha value is -0.650. The van der Waals surface area contributed by atoms with E-state index in [2.05, 4.69) is 24.1 Å². The summed E-state index contributed by atoms with van der Waals surface area (Å²) in [6, 6.07) is 0.300. The maximum Gasteiger partial charge on any atom is 0.270 e.